The highest BCUT2D eigenvalue weighted by Crippen LogP contribution is 2.33. The largest absolute Gasteiger partial charge is 0.496 e. The Morgan fingerprint density at radius 2 is 1.57 bits per heavy atom. The van der Waals surface area contributed by atoms with E-state index in [-0.39, 0.29) is 19.1 Å². The van der Waals surface area contributed by atoms with Crippen LogP contribution < -0.4 is 24.8 Å². The van der Waals surface area contributed by atoms with Crippen molar-refractivity contribution in [2.75, 3.05) is 27.9 Å². The number of alkyl carbamates (subject to hydrolysis) is 1. The monoisotopic (exact) mass is 500 g/mol. The lowest BCUT2D eigenvalue weighted by atomic mass is 10.1. The molecule has 2 N–H and O–H groups in total. The van der Waals surface area contributed by atoms with Gasteiger partial charge in [-0.25, -0.2) is 14.0 Å². The molecule has 1 aromatic carbocycles. The number of alkyl halides is 1. The zero-order valence-electron chi connectivity index (χ0n) is 21.7. The van der Waals surface area contributed by atoms with Crippen molar-refractivity contribution in [3.63, 3.8) is 0 Å². The van der Waals surface area contributed by atoms with E-state index in [4.69, 9.17) is 23.7 Å². The molecule has 10 nitrogen and oxygen atoms in total. The summed E-state index contributed by atoms with van der Waals surface area (Å²) in [5, 5.41) is 4.76. The summed E-state index contributed by atoms with van der Waals surface area (Å²) in [5.41, 5.74) is -0.365. The first kappa shape index (κ1) is 29.8. The highest BCUT2D eigenvalue weighted by molar-refractivity contribution is 5.85. The summed E-state index contributed by atoms with van der Waals surface area (Å²) in [5.74, 6) is -0.596. The van der Waals surface area contributed by atoms with Crippen LogP contribution in [0.15, 0.2) is 12.1 Å². The highest BCUT2D eigenvalue weighted by atomic mass is 19.1. The van der Waals surface area contributed by atoms with E-state index in [0.717, 1.165) is 0 Å². The summed E-state index contributed by atoms with van der Waals surface area (Å²) in [6.07, 6.45) is -3.69. The predicted octanol–water partition coefficient (Wildman–Crippen LogP) is 3.15. The molecule has 0 aliphatic carbocycles. The van der Waals surface area contributed by atoms with E-state index in [1.165, 1.54) is 21.3 Å². The Kier molecular flexibility index (Phi) is 11.6. The van der Waals surface area contributed by atoms with Gasteiger partial charge in [0.1, 0.15) is 28.9 Å². The molecule has 0 aromatic heterocycles. The zero-order valence-corrected chi connectivity index (χ0v) is 21.7. The van der Waals surface area contributed by atoms with Gasteiger partial charge in [-0.2, -0.15) is 0 Å². The standard InChI is InChI=1S/C24H37FN2O8/c1-14(2)13-34-22(29)18(27-23(30)35-24(3,4)5)11-17(25)21(28)26-12-16-19(32-7)9-15(31-6)10-20(16)33-8/h9-10,14,17-18H,11-13H2,1-8H3,(H,26,28)(H,27,30)/t17-,18-/m0/s1. The normalized spacial score (nSPS) is 12.9. The van der Waals surface area contributed by atoms with Crippen molar-refractivity contribution in [1.82, 2.24) is 10.6 Å². The van der Waals surface area contributed by atoms with Gasteiger partial charge in [0.05, 0.1) is 40.0 Å². The van der Waals surface area contributed by atoms with Gasteiger partial charge in [-0.05, 0) is 26.7 Å². The van der Waals surface area contributed by atoms with Crippen LogP contribution in [0.3, 0.4) is 0 Å². The molecule has 0 saturated heterocycles. The molecule has 11 heteroatoms. The van der Waals surface area contributed by atoms with E-state index in [2.05, 4.69) is 10.6 Å². The number of halogens is 1. The molecule has 0 aliphatic heterocycles. The van der Waals surface area contributed by atoms with Crippen molar-refractivity contribution in [3.8, 4) is 17.2 Å². The molecule has 0 heterocycles. The molecule has 0 saturated carbocycles. The second kappa shape index (κ2) is 13.6. The molecule has 1 aromatic rings. The van der Waals surface area contributed by atoms with Crippen molar-refractivity contribution in [1.29, 1.82) is 0 Å². The summed E-state index contributed by atoms with van der Waals surface area (Å²) >= 11 is 0. The van der Waals surface area contributed by atoms with Gasteiger partial charge in [0, 0.05) is 18.6 Å². The van der Waals surface area contributed by atoms with E-state index in [1.54, 1.807) is 32.9 Å². The van der Waals surface area contributed by atoms with Crippen molar-refractivity contribution >= 4 is 18.0 Å². The first-order chi connectivity index (χ1) is 16.3. The van der Waals surface area contributed by atoms with Crippen LogP contribution in [0.1, 0.15) is 46.6 Å². The number of amides is 2. The molecule has 0 radical (unpaired) electrons. The zero-order chi connectivity index (χ0) is 26.8. The number of rotatable bonds is 12. The Morgan fingerprint density at radius 1 is 1.00 bits per heavy atom. The van der Waals surface area contributed by atoms with Gasteiger partial charge >= 0.3 is 12.1 Å². The molecule has 198 valence electrons. The van der Waals surface area contributed by atoms with Crippen LogP contribution in [-0.4, -0.2) is 63.7 Å². The number of benzene rings is 1. The number of carbonyl (C=O) groups excluding carboxylic acids is 3. The molecule has 0 fully saturated rings. The van der Waals surface area contributed by atoms with Crippen LogP contribution in [0.5, 0.6) is 17.2 Å². The van der Waals surface area contributed by atoms with Crippen LogP contribution in [0.2, 0.25) is 0 Å². The number of hydrogen-bond acceptors (Lipinski definition) is 8. The fourth-order valence-corrected chi connectivity index (χ4v) is 2.87. The van der Waals surface area contributed by atoms with E-state index < -0.39 is 42.2 Å². The average molecular weight is 501 g/mol. The second-order valence-electron chi connectivity index (χ2n) is 9.15. The Hall–Kier alpha value is -3.24. The molecule has 0 unspecified atom stereocenters. The molecule has 0 bridgehead atoms. The molecule has 2 amide bonds. The fourth-order valence-electron chi connectivity index (χ4n) is 2.87. The minimum Gasteiger partial charge on any atom is -0.496 e. The van der Waals surface area contributed by atoms with Gasteiger partial charge in [0.15, 0.2) is 6.17 Å². The summed E-state index contributed by atoms with van der Waals surface area (Å²) in [4.78, 5) is 37.1. The van der Waals surface area contributed by atoms with Gasteiger partial charge in [-0.15, -0.1) is 0 Å². The molecule has 0 aliphatic rings. The Morgan fingerprint density at radius 3 is 2.03 bits per heavy atom. The van der Waals surface area contributed by atoms with Crippen molar-refractivity contribution < 1.29 is 42.5 Å². The summed E-state index contributed by atoms with van der Waals surface area (Å²) in [7, 11) is 4.36. The van der Waals surface area contributed by atoms with Gasteiger partial charge in [0.25, 0.3) is 5.91 Å². The Balaban J connectivity index is 2.93. The van der Waals surface area contributed by atoms with E-state index in [0.29, 0.717) is 22.8 Å². The third kappa shape index (κ3) is 10.3. The molecule has 0 spiro atoms. The Bertz CT molecular complexity index is 845. The molecular formula is C24H37FN2O8. The average Bonchev–Trinajstić information content (AvgIpc) is 2.78. The topological polar surface area (TPSA) is 121 Å². The predicted molar refractivity (Wildman–Crippen MR) is 126 cm³/mol. The third-order valence-corrected chi connectivity index (χ3v) is 4.52. The van der Waals surface area contributed by atoms with E-state index in [9.17, 15) is 18.8 Å². The lowest BCUT2D eigenvalue weighted by Gasteiger charge is -2.24. The van der Waals surface area contributed by atoms with Crippen LogP contribution in [-0.2, 0) is 25.6 Å². The number of hydrogen-bond donors (Lipinski definition) is 2. The van der Waals surface area contributed by atoms with E-state index >= 15 is 0 Å². The van der Waals surface area contributed by atoms with E-state index in [1.807, 2.05) is 13.8 Å². The maximum absolute atomic E-state index is 14.9. The molecule has 35 heavy (non-hydrogen) atoms. The maximum Gasteiger partial charge on any atom is 0.408 e. The number of methoxy groups -OCH3 is 3. The van der Waals surface area contributed by atoms with Crippen LogP contribution in [0, 0.1) is 5.92 Å². The van der Waals surface area contributed by atoms with Gasteiger partial charge in [0.2, 0.25) is 0 Å². The van der Waals surface area contributed by atoms with Gasteiger partial charge < -0.3 is 34.3 Å². The van der Waals surface area contributed by atoms with Crippen molar-refractivity contribution in [2.45, 2.75) is 65.4 Å². The van der Waals surface area contributed by atoms with Crippen LogP contribution in [0.4, 0.5) is 9.18 Å². The lowest BCUT2D eigenvalue weighted by molar-refractivity contribution is -0.148. The number of carbonyl (C=O) groups is 3. The van der Waals surface area contributed by atoms with Gasteiger partial charge in [-0.3, -0.25) is 4.79 Å². The van der Waals surface area contributed by atoms with Crippen LogP contribution in [0.25, 0.3) is 0 Å². The minimum absolute atomic E-state index is 0.0278. The smallest absolute Gasteiger partial charge is 0.408 e. The maximum atomic E-state index is 14.9. The number of esters is 1. The highest BCUT2D eigenvalue weighted by Gasteiger charge is 2.31. The van der Waals surface area contributed by atoms with Crippen LogP contribution >= 0.6 is 0 Å². The fraction of sp³-hybridized carbons (Fsp3) is 0.625. The SMILES string of the molecule is COc1cc(OC)c(CNC(=O)[C@@H](F)C[C@H](NC(=O)OC(C)(C)C)C(=O)OCC(C)C)c(OC)c1. The first-order valence-electron chi connectivity index (χ1n) is 11.2. The molecule has 2 atom stereocenters. The van der Waals surface area contributed by atoms with Crippen molar-refractivity contribution in [3.05, 3.63) is 17.7 Å². The second-order valence-corrected chi connectivity index (χ2v) is 9.15. The Labute approximate surface area is 205 Å². The first-order valence-corrected chi connectivity index (χ1v) is 11.2. The molecular weight excluding hydrogens is 463 g/mol. The lowest BCUT2D eigenvalue weighted by Crippen LogP contribution is -2.47. The van der Waals surface area contributed by atoms with Crippen molar-refractivity contribution in [2.24, 2.45) is 5.92 Å². The number of ether oxygens (including phenoxy) is 5. The third-order valence-electron chi connectivity index (χ3n) is 4.52. The summed E-state index contributed by atoms with van der Waals surface area (Å²) in [6.45, 7) is 8.56. The van der Waals surface area contributed by atoms with Gasteiger partial charge in [-0.1, -0.05) is 13.8 Å². The summed E-state index contributed by atoms with van der Waals surface area (Å²) < 4.78 is 41.0. The molecule has 1 rings (SSSR count). The summed E-state index contributed by atoms with van der Waals surface area (Å²) in [6, 6.07) is 1.78. The number of nitrogens with one attached hydrogen (secondary N) is 2. The minimum atomic E-state index is -2.13. The quantitative estimate of drug-likeness (QED) is 0.420.